The van der Waals surface area contributed by atoms with Gasteiger partial charge in [0.15, 0.2) is 0 Å². The maximum atomic E-state index is 12.8. The highest BCUT2D eigenvalue weighted by Crippen LogP contribution is 2.25. The van der Waals surface area contributed by atoms with Gasteiger partial charge in [-0.05, 0) is 25.1 Å². The van der Waals surface area contributed by atoms with Gasteiger partial charge in [-0.25, -0.2) is 9.18 Å². The largest absolute Gasteiger partial charge is 0.478 e. The first-order valence-corrected chi connectivity index (χ1v) is 5.05. The minimum atomic E-state index is -4.35. The Bertz CT molecular complexity index is 445. The number of nitrogens with one attached hydrogen (secondary N) is 1. The molecule has 0 aromatic heterocycles. The van der Waals surface area contributed by atoms with Gasteiger partial charge in [-0.15, -0.1) is 0 Å². The first-order valence-electron chi connectivity index (χ1n) is 5.05. The Hall–Kier alpha value is -1.79. The lowest BCUT2D eigenvalue weighted by atomic mass is 10.1. The molecule has 0 bridgehead atoms. The third kappa shape index (κ3) is 4.23. The molecule has 0 amide bonds. The van der Waals surface area contributed by atoms with Crippen LogP contribution in [-0.2, 0) is 0 Å². The molecule has 7 heteroatoms. The summed E-state index contributed by atoms with van der Waals surface area (Å²) in [6.45, 7) is 1.27. The average molecular weight is 265 g/mol. The molecule has 0 aliphatic carbocycles. The highest BCUT2D eigenvalue weighted by atomic mass is 19.4. The lowest BCUT2D eigenvalue weighted by molar-refractivity contribution is -0.136. The standard InChI is InChI=1S/C11H11F4NO2/c1-6(5-11(13,14)15)16-9-3-2-7(12)4-8(9)10(17)18/h2-4,6,16H,5H2,1H3,(H,17,18). The summed E-state index contributed by atoms with van der Waals surface area (Å²) in [5.41, 5.74) is -0.440. The molecule has 0 saturated carbocycles. The van der Waals surface area contributed by atoms with Crippen molar-refractivity contribution in [2.75, 3.05) is 5.32 Å². The van der Waals surface area contributed by atoms with Gasteiger partial charge in [0, 0.05) is 11.7 Å². The zero-order valence-corrected chi connectivity index (χ0v) is 9.38. The molecule has 1 rings (SSSR count). The van der Waals surface area contributed by atoms with Crippen LogP contribution in [0.5, 0.6) is 0 Å². The van der Waals surface area contributed by atoms with Crippen molar-refractivity contribution in [2.45, 2.75) is 25.6 Å². The number of carbonyl (C=O) groups is 1. The number of benzene rings is 1. The fourth-order valence-electron chi connectivity index (χ4n) is 1.48. The molecule has 0 aliphatic heterocycles. The molecule has 3 nitrogen and oxygen atoms in total. The van der Waals surface area contributed by atoms with E-state index in [1.54, 1.807) is 0 Å². The van der Waals surface area contributed by atoms with Gasteiger partial charge in [0.25, 0.3) is 0 Å². The second-order valence-electron chi connectivity index (χ2n) is 3.86. The zero-order chi connectivity index (χ0) is 13.9. The van der Waals surface area contributed by atoms with Crippen LogP contribution in [0.25, 0.3) is 0 Å². The molecular formula is C11H11F4NO2. The molecule has 1 aromatic rings. The van der Waals surface area contributed by atoms with Crippen molar-refractivity contribution >= 4 is 11.7 Å². The van der Waals surface area contributed by atoms with Crippen molar-refractivity contribution in [2.24, 2.45) is 0 Å². The van der Waals surface area contributed by atoms with Crippen LogP contribution in [0, 0.1) is 5.82 Å². The van der Waals surface area contributed by atoms with Crippen LogP contribution in [0.4, 0.5) is 23.2 Å². The van der Waals surface area contributed by atoms with Gasteiger partial charge >= 0.3 is 12.1 Å². The van der Waals surface area contributed by atoms with Gasteiger partial charge in [-0.1, -0.05) is 0 Å². The predicted molar refractivity (Wildman–Crippen MR) is 57.1 cm³/mol. The third-order valence-electron chi connectivity index (χ3n) is 2.15. The molecule has 0 fully saturated rings. The van der Waals surface area contributed by atoms with E-state index in [1.807, 2.05) is 0 Å². The molecule has 18 heavy (non-hydrogen) atoms. The minimum absolute atomic E-state index is 0.0411. The van der Waals surface area contributed by atoms with Gasteiger partial charge in [0.05, 0.1) is 12.0 Å². The summed E-state index contributed by atoms with van der Waals surface area (Å²) in [5, 5.41) is 11.2. The molecular weight excluding hydrogens is 254 g/mol. The number of hydrogen-bond donors (Lipinski definition) is 2. The van der Waals surface area contributed by atoms with Crippen LogP contribution >= 0.6 is 0 Å². The van der Waals surface area contributed by atoms with Crippen molar-refractivity contribution in [3.8, 4) is 0 Å². The summed E-state index contributed by atoms with van der Waals surface area (Å²) in [5.74, 6) is -2.17. The van der Waals surface area contributed by atoms with Crippen LogP contribution in [0.1, 0.15) is 23.7 Å². The van der Waals surface area contributed by atoms with E-state index in [2.05, 4.69) is 5.32 Å². The molecule has 1 unspecified atom stereocenters. The summed E-state index contributed by atoms with van der Waals surface area (Å²) < 4.78 is 49.2. The lowest BCUT2D eigenvalue weighted by Gasteiger charge is -2.18. The van der Waals surface area contributed by atoms with Crippen LogP contribution < -0.4 is 5.32 Å². The van der Waals surface area contributed by atoms with Crippen molar-refractivity contribution in [1.29, 1.82) is 0 Å². The van der Waals surface area contributed by atoms with Crippen LogP contribution in [0.2, 0.25) is 0 Å². The molecule has 0 aliphatic rings. The molecule has 0 radical (unpaired) electrons. The molecule has 2 N–H and O–H groups in total. The fourth-order valence-corrected chi connectivity index (χ4v) is 1.48. The number of carboxylic acid groups (broad SMARTS) is 1. The van der Waals surface area contributed by atoms with Crippen molar-refractivity contribution in [1.82, 2.24) is 0 Å². The van der Waals surface area contributed by atoms with Crippen molar-refractivity contribution in [3.63, 3.8) is 0 Å². The Kier molecular flexibility index (Phi) is 4.15. The number of halogens is 4. The Morgan fingerprint density at radius 3 is 2.56 bits per heavy atom. The second-order valence-corrected chi connectivity index (χ2v) is 3.86. The number of hydrogen-bond acceptors (Lipinski definition) is 2. The molecule has 1 aromatic carbocycles. The van der Waals surface area contributed by atoms with E-state index in [1.165, 1.54) is 6.92 Å². The molecule has 0 spiro atoms. The number of aromatic carboxylic acids is 1. The minimum Gasteiger partial charge on any atom is -0.478 e. The summed E-state index contributed by atoms with van der Waals surface area (Å²) in [7, 11) is 0. The number of rotatable bonds is 4. The fraction of sp³-hybridized carbons (Fsp3) is 0.364. The van der Waals surface area contributed by atoms with Crippen molar-refractivity contribution < 1.29 is 27.5 Å². The Morgan fingerprint density at radius 2 is 2.06 bits per heavy atom. The van der Waals surface area contributed by atoms with E-state index in [4.69, 9.17) is 5.11 Å². The number of anilines is 1. The monoisotopic (exact) mass is 265 g/mol. The van der Waals surface area contributed by atoms with Gasteiger partial charge in [0.2, 0.25) is 0 Å². The van der Waals surface area contributed by atoms with E-state index in [-0.39, 0.29) is 5.69 Å². The Labute approximate surface area is 100 Å². The quantitative estimate of drug-likeness (QED) is 0.821. The van der Waals surface area contributed by atoms with E-state index in [9.17, 15) is 22.4 Å². The Morgan fingerprint density at radius 1 is 1.44 bits per heavy atom. The SMILES string of the molecule is CC(CC(F)(F)F)Nc1ccc(F)cc1C(=O)O. The van der Waals surface area contributed by atoms with Crippen molar-refractivity contribution in [3.05, 3.63) is 29.6 Å². The van der Waals surface area contributed by atoms with Crippen LogP contribution in [0.3, 0.4) is 0 Å². The highest BCUT2D eigenvalue weighted by molar-refractivity contribution is 5.94. The number of carboxylic acids is 1. The summed E-state index contributed by atoms with van der Waals surface area (Å²) in [6.07, 6.45) is -5.46. The molecule has 0 heterocycles. The topological polar surface area (TPSA) is 49.3 Å². The van der Waals surface area contributed by atoms with Gasteiger partial charge < -0.3 is 10.4 Å². The van der Waals surface area contributed by atoms with Crippen LogP contribution in [0.15, 0.2) is 18.2 Å². The highest BCUT2D eigenvalue weighted by Gasteiger charge is 2.30. The predicted octanol–water partition coefficient (Wildman–Crippen LogP) is 3.28. The smallest absolute Gasteiger partial charge is 0.391 e. The van der Waals surface area contributed by atoms with E-state index < -0.39 is 36.0 Å². The summed E-state index contributed by atoms with van der Waals surface area (Å²) in [4.78, 5) is 10.8. The summed E-state index contributed by atoms with van der Waals surface area (Å²) >= 11 is 0. The van der Waals surface area contributed by atoms with E-state index >= 15 is 0 Å². The molecule has 1 atom stereocenters. The molecule has 0 saturated heterocycles. The normalized spacial score (nSPS) is 13.2. The first kappa shape index (κ1) is 14.3. The lowest BCUT2D eigenvalue weighted by Crippen LogP contribution is -2.24. The Balaban J connectivity index is 2.87. The number of alkyl halides is 3. The molecule has 100 valence electrons. The maximum Gasteiger partial charge on any atom is 0.391 e. The van der Waals surface area contributed by atoms with E-state index in [0.29, 0.717) is 0 Å². The second kappa shape index (κ2) is 5.24. The van der Waals surface area contributed by atoms with Gasteiger partial charge in [-0.2, -0.15) is 13.2 Å². The van der Waals surface area contributed by atoms with Crippen LogP contribution in [-0.4, -0.2) is 23.3 Å². The van der Waals surface area contributed by atoms with Gasteiger partial charge in [-0.3, -0.25) is 0 Å². The van der Waals surface area contributed by atoms with E-state index in [0.717, 1.165) is 18.2 Å². The summed E-state index contributed by atoms with van der Waals surface area (Å²) in [6, 6.07) is 1.83. The maximum absolute atomic E-state index is 12.8. The van der Waals surface area contributed by atoms with Gasteiger partial charge in [0.1, 0.15) is 5.82 Å². The first-order chi connectivity index (χ1) is 8.19. The third-order valence-corrected chi connectivity index (χ3v) is 2.15. The average Bonchev–Trinajstić information content (AvgIpc) is 2.17. The zero-order valence-electron chi connectivity index (χ0n) is 9.38.